The first-order chi connectivity index (χ1) is 36.7. The Labute approximate surface area is 477 Å². The van der Waals surface area contributed by atoms with Crippen molar-refractivity contribution in [1.29, 1.82) is 0 Å². The average molecular weight is 998 g/mol. The highest BCUT2D eigenvalue weighted by atomic mass is 35.5. The minimum atomic E-state index is -0.889. The van der Waals surface area contributed by atoms with Crippen LogP contribution in [0.2, 0.25) is 10.0 Å². The van der Waals surface area contributed by atoms with Gasteiger partial charge in [-0.25, -0.2) is 9.97 Å². The highest BCUT2D eigenvalue weighted by molar-refractivity contribution is 8.19. The van der Waals surface area contributed by atoms with Crippen LogP contribution < -0.4 is 5.73 Å². The van der Waals surface area contributed by atoms with Crippen molar-refractivity contribution in [3.63, 3.8) is 0 Å². The fourth-order valence-corrected chi connectivity index (χ4v) is 7.82. The van der Waals surface area contributed by atoms with E-state index in [0.29, 0.717) is 22.3 Å². The summed E-state index contributed by atoms with van der Waals surface area (Å²) in [5, 5.41) is 13.8. The first-order valence-corrected chi connectivity index (χ1v) is 23.2. The topological polar surface area (TPSA) is 126 Å². The van der Waals surface area contributed by atoms with E-state index >= 15 is 0 Å². The number of non-ortho nitro benzene ring substituents is 1. The van der Waals surface area contributed by atoms with Gasteiger partial charge in [-0.15, -0.1) is 0 Å². The van der Waals surface area contributed by atoms with Crippen LogP contribution >= 0.6 is 23.2 Å². The van der Waals surface area contributed by atoms with E-state index in [1.165, 1.54) is 12.1 Å². The molecule has 0 aliphatic carbocycles. The van der Waals surface area contributed by atoms with Gasteiger partial charge in [-0.3, -0.25) is 10.1 Å². The van der Waals surface area contributed by atoms with Gasteiger partial charge in [0.2, 0.25) is 0 Å². The molecule has 32 heteroatoms. The van der Waals surface area contributed by atoms with Gasteiger partial charge in [-0.1, -0.05) is 34.7 Å². The van der Waals surface area contributed by atoms with Crippen LogP contribution in [-0.4, -0.2) is 176 Å². The molecule has 0 spiro atoms. The van der Waals surface area contributed by atoms with E-state index in [2.05, 4.69) is 136 Å². The monoisotopic (exact) mass is 1000 g/mol. The minimum Gasteiger partial charge on any atom is -0.399 e. The lowest BCUT2D eigenvalue weighted by atomic mass is 8.39. The molecule has 0 unspecified atom stereocenters. The van der Waals surface area contributed by atoms with Gasteiger partial charge < -0.3 is 24.4 Å². The summed E-state index contributed by atoms with van der Waals surface area (Å²) in [6.07, 6.45) is 3.80. The van der Waals surface area contributed by atoms with Crippen LogP contribution in [0.3, 0.4) is 0 Å². The molecule has 6 aromatic rings. The predicted molar refractivity (Wildman–Crippen MR) is 335 cm³/mol. The first kappa shape index (κ1) is 64.1. The number of anilines is 1. The molecule has 4 heterocycles. The van der Waals surface area contributed by atoms with E-state index in [4.69, 9.17) is 114 Å². The molecule has 0 bridgehead atoms. The summed E-state index contributed by atoms with van der Waals surface area (Å²) in [6, 6.07) is 10.4. The fourth-order valence-electron chi connectivity index (χ4n) is 7.26. The maximum Gasteiger partial charge on any atom is 0.273 e. The number of nitrogens with zero attached hydrogens (tertiary/aromatic N) is 6. The number of aryl methyl sites for hydroxylation is 1. The second-order valence-corrected chi connectivity index (χ2v) is 16.9. The molecule has 22 radical (unpaired) electrons. The summed E-state index contributed by atoms with van der Waals surface area (Å²) in [5.41, 5.74) is 54.6. The maximum atomic E-state index is 10.9. The zero-order valence-electron chi connectivity index (χ0n) is 41.6. The zero-order valence-corrected chi connectivity index (χ0v) is 43.1. The molecule has 3 N–H and O–H groups in total. The van der Waals surface area contributed by atoms with Gasteiger partial charge in [0.1, 0.15) is 0 Å². The predicted octanol–water partition coefficient (Wildman–Crippen LogP) is 1.61. The molecule has 6 rings (SSSR count). The van der Waals surface area contributed by atoms with Gasteiger partial charge in [0, 0.05) is 203 Å². The maximum absolute atomic E-state index is 10.9. The van der Waals surface area contributed by atoms with E-state index in [0.717, 1.165) is 39.7 Å². The summed E-state index contributed by atoms with van der Waals surface area (Å²) in [6.45, 7) is 7.86. The molecular formula is C45H26B20Cl2N8O2. The number of hydrogen-bond acceptors (Lipinski definition) is 5. The third kappa shape index (κ3) is 21.4. The summed E-state index contributed by atoms with van der Waals surface area (Å²) in [5.74, 6) is 0. The average Bonchev–Trinajstić information content (AvgIpc) is 4.21. The number of rotatable bonds is 13. The van der Waals surface area contributed by atoms with Crippen LogP contribution in [0.1, 0.15) is 11.4 Å². The SMILES string of the molecule is C=C=C=C=C=C=C=C=C=C=C=C=C=C=C=C=C=C=C=C.Cn1cnc(Cn2ccc3c(Cl)cc([N+](=O)[O-])cc32)c1.Nc1cc(Cl)c2ccn(Cc3cnc[nH]3)c2c1.[B]B([B])B([B])B(B(B([B])[B])B([B])[B])B(B([B])[B])B([B])[B]. The van der Waals surface area contributed by atoms with Crippen molar-refractivity contribution in [2.75, 3.05) is 5.73 Å². The van der Waals surface area contributed by atoms with Crippen molar-refractivity contribution >= 4 is 199 Å². The van der Waals surface area contributed by atoms with Gasteiger partial charge in [0.05, 0.1) is 63.1 Å². The molecule has 332 valence electrons. The highest BCUT2D eigenvalue weighted by Crippen LogP contribution is 2.30. The van der Waals surface area contributed by atoms with Crippen molar-refractivity contribution in [2.45, 2.75) is 13.1 Å². The van der Waals surface area contributed by atoms with Crippen molar-refractivity contribution in [3.05, 3.63) is 222 Å². The molecule has 0 fully saturated rings. The van der Waals surface area contributed by atoms with E-state index in [9.17, 15) is 10.1 Å². The molecule has 0 saturated carbocycles. The van der Waals surface area contributed by atoms with Gasteiger partial charge in [-0.05, 0) is 129 Å². The Morgan fingerprint density at radius 3 is 1.44 bits per heavy atom. The van der Waals surface area contributed by atoms with Crippen molar-refractivity contribution in [2.24, 2.45) is 7.05 Å². The zero-order chi connectivity index (χ0) is 57.0. The number of aromatic nitrogens is 6. The molecular weight excluding hydrogens is 972 g/mol. The number of nitro benzene ring substituents is 1. The van der Waals surface area contributed by atoms with Crippen LogP contribution in [0.4, 0.5) is 11.4 Å². The lowest BCUT2D eigenvalue weighted by molar-refractivity contribution is -0.384. The van der Waals surface area contributed by atoms with Crippen molar-refractivity contribution in [3.8, 4) is 0 Å². The second kappa shape index (κ2) is 33.8. The van der Waals surface area contributed by atoms with Gasteiger partial charge >= 0.3 is 0 Å². The standard InChI is InChI=1S/C20H4.C13H11ClN4O2.C12H11ClN4.B20/c1-3-5-7-9-11-13-15-17-19-20-18-16-14-12-10-8-6-4-2;1-16-6-9(15-8-16)7-17-3-2-11-12(14)4-10(18(19)20)5-13(11)17;13-11-3-8(14)4-12-10(11)1-2-17(12)6-9-5-15-7-16-9;1-12(2)17(11)20(18(13(3)4)14(5)6)19(15(7)8)16(9)10/h1-2H2;2-6,8H,7H2,1H3;1-5,7H,6,14H2,(H,15,16);. The number of fused-ring (bicyclic) bond motifs is 2. The first-order valence-electron chi connectivity index (χ1n) is 22.5. The number of imidazole rings is 2. The van der Waals surface area contributed by atoms with Crippen LogP contribution in [0.5, 0.6) is 0 Å². The smallest absolute Gasteiger partial charge is 0.273 e. The quantitative estimate of drug-likeness (QED) is 0.0599. The lowest BCUT2D eigenvalue weighted by Gasteiger charge is -2.42. The van der Waals surface area contributed by atoms with E-state index in [1.54, 1.807) is 24.9 Å². The Morgan fingerprint density at radius 2 is 1.06 bits per heavy atom. The number of nitrogens with one attached hydrogen (secondary N) is 1. The van der Waals surface area contributed by atoms with Crippen LogP contribution in [-0.2, 0) is 20.1 Å². The Hall–Kier alpha value is -7.20. The number of H-pyrrole nitrogens is 1. The number of benzene rings is 2. The second-order valence-electron chi connectivity index (χ2n) is 16.1. The molecule has 77 heavy (non-hydrogen) atoms. The third-order valence-electron chi connectivity index (χ3n) is 10.6. The van der Waals surface area contributed by atoms with Crippen LogP contribution in [0.25, 0.3) is 21.8 Å². The number of nitro groups is 1. The van der Waals surface area contributed by atoms with Gasteiger partial charge in [0.25, 0.3) is 5.69 Å². The molecule has 0 aliphatic heterocycles. The fraction of sp³-hybridized carbons (Fsp3) is 0.0667. The third-order valence-corrected chi connectivity index (χ3v) is 11.2. The number of halogens is 2. The van der Waals surface area contributed by atoms with E-state index in [-0.39, 0.29) is 5.69 Å². The molecule has 0 amide bonds. The van der Waals surface area contributed by atoms with Crippen molar-refractivity contribution in [1.82, 2.24) is 28.7 Å². The summed E-state index contributed by atoms with van der Waals surface area (Å²) in [4.78, 5) is 21.8. The lowest BCUT2D eigenvalue weighted by Crippen LogP contribution is -2.80. The van der Waals surface area contributed by atoms with Crippen molar-refractivity contribution < 1.29 is 4.92 Å². The number of aromatic amines is 1. The van der Waals surface area contributed by atoms with Gasteiger partial charge in [0.15, 0.2) is 0 Å². The normalized spacial score (nSPS) is 8.71. The molecule has 2 aromatic carbocycles. The molecule has 0 saturated heterocycles. The summed E-state index contributed by atoms with van der Waals surface area (Å²) in [7, 11) is 65.0. The molecule has 0 atom stereocenters. The largest absolute Gasteiger partial charge is 0.399 e. The van der Waals surface area contributed by atoms with Crippen LogP contribution in [0, 0.1) is 10.1 Å². The molecule has 10 nitrogen and oxygen atoms in total. The minimum absolute atomic E-state index is 0.0107. The Bertz CT molecular complexity index is 3620. The highest BCUT2D eigenvalue weighted by Gasteiger charge is 2.44. The number of hydrogen-bond donors (Lipinski definition) is 2. The summed E-state index contributed by atoms with van der Waals surface area (Å²) >= 11 is 12.2. The number of nitrogen functional groups attached to an aromatic ring is 1. The molecule has 0 aliphatic rings. The van der Waals surface area contributed by atoms with Crippen LogP contribution in [0.15, 0.2) is 190 Å². The van der Waals surface area contributed by atoms with Gasteiger partial charge in [-0.2, -0.15) is 0 Å². The summed E-state index contributed by atoms with van der Waals surface area (Å²) < 4.78 is 5.85. The molecule has 4 aromatic heterocycles. The Kier molecular flexibility index (Phi) is 28.1. The van der Waals surface area contributed by atoms with E-state index in [1.807, 2.05) is 53.0 Å². The van der Waals surface area contributed by atoms with E-state index < -0.39 is 62.4 Å². The number of nitrogens with two attached hydrogens (primary N) is 1. The Morgan fingerprint density at radius 1 is 0.636 bits per heavy atom. The Balaban J connectivity index is 0.000000270.